The van der Waals surface area contributed by atoms with E-state index in [0.717, 1.165) is 12.1 Å². The molecule has 2 atom stereocenters. The lowest BCUT2D eigenvalue weighted by Gasteiger charge is -2.27. The summed E-state index contributed by atoms with van der Waals surface area (Å²) < 4.78 is 0. The molecule has 2 unspecified atom stereocenters. The highest BCUT2D eigenvalue weighted by Crippen LogP contribution is 2.19. The molecule has 2 rings (SSSR count). The summed E-state index contributed by atoms with van der Waals surface area (Å²) in [6.07, 6.45) is 2.82. The van der Waals surface area contributed by atoms with Crippen LogP contribution < -0.4 is 16.0 Å². The third-order valence-electron chi connectivity index (χ3n) is 2.29. The minimum absolute atomic E-state index is 0.0234. The van der Waals surface area contributed by atoms with Gasteiger partial charge in [-0.1, -0.05) is 6.92 Å². The zero-order chi connectivity index (χ0) is 9.42. The van der Waals surface area contributed by atoms with Crippen LogP contribution in [0, 0.1) is 5.92 Å². The summed E-state index contributed by atoms with van der Waals surface area (Å²) in [6.45, 7) is 2.05. The van der Waals surface area contributed by atoms with Crippen molar-refractivity contribution in [3.8, 4) is 0 Å². The number of hydrogen-bond donors (Lipinski definition) is 3. The Morgan fingerprint density at radius 1 is 1.54 bits per heavy atom. The Morgan fingerprint density at radius 2 is 2.31 bits per heavy atom. The SMILES string of the molecule is CCC1=CC2C(=O)NC(=S)NC2N1. The number of thiocarbonyl (C=S) groups is 1. The van der Waals surface area contributed by atoms with Crippen molar-refractivity contribution in [1.82, 2.24) is 16.0 Å². The predicted octanol–water partition coefficient (Wildman–Crippen LogP) is -0.170. The number of nitrogens with one attached hydrogen (secondary N) is 3. The van der Waals surface area contributed by atoms with Gasteiger partial charge in [0, 0.05) is 5.70 Å². The molecule has 1 saturated heterocycles. The molecular formula is C8H11N3OS. The second kappa shape index (κ2) is 2.99. The number of hydrogen-bond acceptors (Lipinski definition) is 3. The maximum atomic E-state index is 11.4. The summed E-state index contributed by atoms with van der Waals surface area (Å²) in [5, 5.41) is 9.21. The van der Waals surface area contributed by atoms with Crippen LogP contribution in [0.3, 0.4) is 0 Å². The Bertz CT molecular complexity index is 300. The molecule has 3 N–H and O–H groups in total. The second-order valence-electron chi connectivity index (χ2n) is 3.16. The molecule has 2 aliphatic heterocycles. The summed E-state index contributed by atoms with van der Waals surface area (Å²) in [5.74, 6) is -0.147. The first-order valence-electron chi connectivity index (χ1n) is 4.29. The third kappa shape index (κ3) is 1.39. The summed E-state index contributed by atoms with van der Waals surface area (Å²) in [7, 11) is 0. The quantitative estimate of drug-likeness (QED) is 0.511. The molecule has 0 aromatic heterocycles. The van der Waals surface area contributed by atoms with Crippen LogP contribution in [-0.2, 0) is 4.79 Å². The highest BCUT2D eigenvalue weighted by molar-refractivity contribution is 7.80. The van der Waals surface area contributed by atoms with Crippen LogP contribution in [0.25, 0.3) is 0 Å². The molecule has 0 aromatic rings. The van der Waals surface area contributed by atoms with Crippen molar-refractivity contribution in [3.05, 3.63) is 11.8 Å². The molecular weight excluding hydrogens is 186 g/mol. The largest absolute Gasteiger partial charge is 0.368 e. The van der Waals surface area contributed by atoms with Crippen molar-refractivity contribution < 1.29 is 4.79 Å². The molecule has 0 bridgehead atoms. The van der Waals surface area contributed by atoms with Gasteiger partial charge in [-0.2, -0.15) is 0 Å². The van der Waals surface area contributed by atoms with E-state index in [4.69, 9.17) is 12.2 Å². The van der Waals surface area contributed by atoms with Crippen LogP contribution in [0.2, 0.25) is 0 Å². The molecule has 0 spiro atoms. The maximum absolute atomic E-state index is 11.4. The minimum Gasteiger partial charge on any atom is -0.368 e. The van der Waals surface area contributed by atoms with Crippen molar-refractivity contribution >= 4 is 23.2 Å². The van der Waals surface area contributed by atoms with Gasteiger partial charge in [-0.15, -0.1) is 0 Å². The van der Waals surface area contributed by atoms with Gasteiger partial charge in [-0.25, -0.2) is 0 Å². The van der Waals surface area contributed by atoms with Gasteiger partial charge in [0.15, 0.2) is 5.11 Å². The molecule has 1 amide bonds. The van der Waals surface area contributed by atoms with Crippen LogP contribution in [0.5, 0.6) is 0 Å². The van der Waals surface area contributed by atoms with Gasteiger partial charge in [-0.05, 0) is 24.7 Å². The van der Waals surface area contributed by atoms with E-state index >= 15 is 0 Å². The van der Waals surface area contributed by atoms with Crippen molar-refractivity contribution in [2.24, 2.45) is 5.92 Å². The fourth-order valence-electron chi connectivity index (χ4n) is 1.60. The Balaban J connectivity index is 2.18. The molecule has 2 aliphatic rings. The molecule has 2 heterocycles. The number of carbonyl (C=O) groups is 1. The van der Waals surface area contributed by atoms with E-state index in [1.807, 2.05) is 13.0 Å². The van der Waals surface area contributed by atoms with Gasteiger partial charge in [0.05, 0.1) is 5.92 Å². The van der Waals surface area contributed by atoms with Gasteiger partial charge in [0.1, 0.15) is 6.17 Å². The van der Waals surface area contributed by atoms with Crippen LogP contribution in [0.1, 0.15) is 13.3 Å². The number of fused-ring (bicyclic) bond motifs is 1. The normalized spacial score (nSPS) is 31.3. The molecule has 70 valence electrons. The van der Waals surface area contributed by atoms with Crippen molar-refractivity contribution in [3.63, 3.8) is 0 Å². The first-order chi connectivity index (χ1) is 6.20. The first kappa shape index (κ1) is 8.50. The minimum atomic E-state index is -0.123. The van der Waals surface area contributed by atoms with Crippen molar-refractivity contribution in [1.29, 1.82) is 0 Å². The zero-order valence-electron chi connectivity index (χ0n) is 7.26. The van der Waals surface area contributed by atoms with Crippen molar-refractivity contribution in [2.45, 2.75) is 19.5 Å². The molecule has 0 saturated carbocycles. The smallest absolute Gasteiger partial charge is 0.237 e. The Morgan fingerprint density at radius 3 is 3.00 bits per heavy atom. The van der Waals surface area contributed by atoms with Gasteiger partial charge >= 0.3 is 0 Å². The fourth-order valence-corrected chi connectivity index (χ4v) is 1.82. The maximum Gasteiger partial charge on any atom is 0.237 e. The van der Waals surface area contributed by atoms with Crippen LogP contribution >= 0.6 is 12.2 Å². The highest BCUT2D eigenvalue weighted by Gasteiger charge is 2.36. The van der Waals surface area contributed by atoms with E-state index in [1.54, 1.807) is 0 Å². The summed E-state index contributed by atoms with van der Waals surface area (Å²) in [6, 6.07) is 0. The lowest BCUT2D eigenvalue weighted by Crippen LogP contribution is -2.59. The van der Waals surface area contributed by atoms with E-state index < -0.39 is 0 Å². The highest BCUT2D eigenvalue weighted by atomic mass is 32.1. The van der Waals surface area contributed by atoms with Gasteiger partial charge in [0.25, 0.3) is 0 Å². The summed E-state index contributed by atoms with van der Waals surface area (Å²) in [5.41, 5.74) is 1.10. The monoisotopic (exact) mass is 197 g/mol. The van der Waals surface area contributed by atoms with Gasteiger partial charge < -0.3 is 16.0 Å². The summed E-state index contributed by atoms with van der Waals surface area (Å²) in [4.78, 5) is 11.4. The fraction of sp³-hybridized carbons (Fsp3) is 0.500. The molecule has 0 aliphatic carbocycles. The van der Waals surface area contributed by atoms with Gasteiger partial charge in [0.2, 0.25) is 5.91 Å². The first-order valence-corrected chi connectivity index (χ1v) is 4.70. The molecule has 0 radical (unpaired) electrons. The van der Waals surface area contributed by atoms with Crippen molar-refractivity contribution in [2.75, 3.05) is 0 Å². The topological polar surface area (TPSA) is 53.2 Å². The number of allylic oxidation sites excluding steroid dienone is 1. The molecule has 0 aromatic carbocycles. The average molecular weight is 197 g/mol. The van der Waals surface area contributed by atoms with Gasteiger partial charge in [-0.3, -0.25) is 4.79 Å². The van der Waals surface area contributed by atoms with Crippen LogP contribution in [0.15, 0.2) is 11.8 Å². The standard InChI is InChI=1S/C8H11N3OS/c1-2-4-3-5-6(9-4)10-8(13)11-7(5)12/h3,5-6,9H,2H2,1H3,(H2,10,11,12,13). The van der Waals surface area contributed by atoms with Crippen LogP contribution in [0.4, 0.5) is 0 Å². The van der Waals surface area contributed by atoms with E-state index in [1.165, 1.54) is 0 Å². The Kier molecular flexibility index (Phi) is 1.95. The number of amides is 1. The average Bonchev–Trinajstić information content (AvgIpc) is 2.47. The van der Waals surface area contributed by atoms with E-state index in [2.05, 4.69) is 16.0 Å². The number of carbonyl (C=O) groups excluding carboxylic acids is 1. The zero-order valence-corrected chi connectivity index (χ0v) is 8.07. The number of rotatable bonds is 1. The molecule has 5 heteroatoms. The Labute approximate surface area is 81.8 Å². The van der Waals surface area contributed by atoms with E-state index in [-0.39, 0.29) is 18.0 Å². The lowest BCUT2D eigenvalue weighted by molar-refractivity contribution is -0.123. The second-order valence-corrected chi connectivity index (χ2v) is 3.56. The lowest BCUT2D eigenvalue weighted by atomic mass is 10.1. The van der Waals surface area contributed by atoms with E-state index in [0.29, 0.717) is 5.11 Å². The molecule has 1 fully saturated rings. The predicted molar refractivity (Wildman–Crippen MR) is 52.7 cm³/mol. The third-order valence-corrected chi connectivity index (χ3v) is 2.51. The Hall–Kier alpha value is -1.10. The molecule has 13 heavy (non-hydrogen) atoms. The van der Waals surface area contributed by atoms with E-state index in [9.17, 15) is 4.79 Å². The molecule has 4 nitrogen and oxygen atoms in total. The summed E-state index contributed by atoms with van der Waals surface area (Å²) >= 11 is 4.88. The van der Waals surface area contributed by atoms with Crippen LogP contribution in [-0.4, -0.2) is 17.2 Å².